The molecule has 0 amide bonds. The smallest absolute Gasteiger partial charge is 0.125 e. The molecule has 0 fully saturated rings. The monoisotopic (exact) mass is 400 g/mol. The van der Waals surface area contributed by atoms with Crippen LogP contribution in [0.4, 0.5) is 0 Å². The second kappa shape index (κ2) is 5.77. The van der Waals surface area contributed by atoms with Crippen LogP contribution < -0.4 is 0 Å². The third kappa shape index (κ3) is 2.59. The first-order valence-electron chi connectivity index (χ1n) is 6.43. The van der Waals surface area contributed by atoms with Crippen molar-refractivity contribution in [1.82, 2.24) is 9.55 Å². The summed E-state index contributed by atoms with van der Waals surface area (Å²) < 4.78 is 8.83. The molecule has 0 aliphatic carbocycles. The van der Waals surface area contributed by atoms with Crippen molar-refractivity contribution in [3.63, 3.8) is 0 Å². The van der Waals surface area contributed by atoms with E-state index in [4.69, 9.17) is 16.0 Å². The Morgan fingerprint density at radius 1 is 1.40 bits per heavy atom. The van der Waals surface area contributed by atoms with Crippen molar-refractivity contribution in [2.45, 2.75) is 25.3 Å². The van der Waals surface area contributed by atoms with Crippen LogP contribution in [-0.4, -0.2) is 9.55 Å². The summed E-state index contributed by atoms with van der Waals surface area (Å²) >= 11 is 8.36. The predicted molar refractivity (Wildman–Crippen MR) is 89.1 cm³/mol. The van der Waals surface area contributed by atoms with Crippen molar-refractivity contribution in [3.05, 3.63) is 51.7 Å². The topological polar surface area (TPSA) is 31.0 Å². The van der Waals surface area contributed by atoms with Gasteiger partial charge in [-0.05, 0) is 59.8 Å². The first-order chi connectivity index (χ1) is 9.69. The molecule has 20 heavy (non-hydrogen) atoms. The van der Waals surface area contributed by atoms with Gasteiger partial charge in [0.25, 0.3) is 0 Å². The van der Waals surface area contributed by atoms with Crippen LogP contribution >= 0.6 is 34.2 Å². The highest BCUT2D eigenvalue weighted by Gasteiger charge is 2.16. The number of hydrogen-bond donors (Lipinski definition) is 0. The lowest BCUT2D eigenvalue weighted by atomic mass is 10.2. The predicted octanol–water partition coefficient (Wildman–Crippen LogP) is 4.78. The molecule has 1 aromatic carbocycles. The minimum atomic E-state index is 0.250. The highest BCUT2D eigenvalue weighted by molar-refractivity contribution is 14.1. The third-order valence-electron chi connectivity index (χ3n) is 3.36. The van der Waals surface area contributed by atoms with Gasteiger partial charge in [-0.1, -0.05) is 0 Å². The zero-order chi connectivity index (χ0) is 14.1. The fourth-order valence-corrected chi connectivity index (χ4v) is 3.18. The molecule has 0 N–H and O–H groups in total. The van der Waals surface area contributed by atoms with E-state index >= 15 is 0 Å². The van der Waals surface area contributed by atoms with E-state index < -0.39 is 0 Å². The Hall–Kier alpha value is -1.01. The Morgan fingerprint density at radius 3 is 2.95 bits per heavy atom. The van der Waals surface area contributed by atoms with Crippen molar-refractivity contribution in [1.29, 1.82) is 0 Å². The standard InChI is InChI=1S/C15H14ClIN2O/c1-10(7-12-3-2-6-20-12)19-14-5-4-11(17)8-13(14)18-15(19)9-16/h2-6,8,10H,7,9H2,1H3. The van der Waals surface area contributed by atoms with Crippen LogP contribution in [0, 0.1) is 3.57 Å². The molecule has 3 aromatic rings. The lowest BCUT2D eigenvalue weighted by Gasteiger charge is -2.15. The van der Waals surface area contributed by atoms with Gasteiger partial charge in [0.05, 0.1) is 23.2 Å². The number of halogens is 2. The molecule has 104 valence electrons. The molecule has 2 aromatic heterocycles. The number of imidazole rings is 1. The highest BCUT2D eigenvalue weighted by Crippen LogP contribution is 2.26. The van der Waals surface area contributed by atoms with Crippen LogP contribution in [0.1, 0.15) is 24.6 Å². The summed E-state index contributed by atoms with van der Waals surface area (Å²) in [5.41, 5.74) is 2.12. The van der Waals surface area contributed by atoms with E-state index in [2.05, 4.69) is 57.3 Å². The van der Waals surface area contributed by atoms with Gasteiger partial charge < -0.3 is 8.98 Å². The summed E-state index contributed by atoms with van der Waals surface area (Å²) in [5.74, 6) is 2.29. The van der Waals surface area contributed by atoms with E-state index in [-0.39, 0.29) is 6.04 Å². The first-order valence-corrected chi connectivity index (χ1v) is 8.05. The van der Waals surface area contributed by atoms with Crippen molar-refractivity contribution < 1.29 is 4.42 Å². The van der Waals surface area contributed by atoms with Gasteiger partial charge in [0.1, 0.15) is 11.6 Å². The van der Waals surface area contributed by atoms with Gasteiger partial charge in [-0.3, -0.25) is 0 Å². The lowest BCUT2D eigenvalue weighted by molar-refractivity contribution is 0.449. The molecule has 0 aliphatic heterocycles. The average molecular weight is 401 g/mol. The maximum absolute atomic E-state index is 6.06. The number of furan rings is 1. The van der Waals surface area contributed by atoms with Gasteiger partial charge in [0.15, 0.2) is 0 Å². The summed E-state index contributed by atoms with van der Waals surface area (Å²) in [6, 6.07) is 10.5. The number of alkyl halides is 1. The fraction of sp³-hybridized carbons (Fsp3) is 0.267. The molecular weight excluding hydrogens is 387 g/mol. The number of rotatable bonds is 4. The van der Waals surface area contributed by atoms with Crippen LogP contribution in [0.2, 0.25) is 0 Å². The van der Waals surface area contributed by atoms with Crippen LogP contribution in [0.3, 0.4) is 0 Å². The van der Waals surface area contributed by atoms with Gasteiger partial charge in [-0.2, -0.15) is 0 Å². The highest BCUT2D eigenvalue weighted by atomic mass is 127. The van der Waals surface area contributed by atoms with Gasteiger partial charge >= 0.3 is 0 Å². The summed E-state index contributed by atoms with van der Waals surface area (Å²) in [6.45, 7) is 2.16. The number of fused-ring (bicyclic) bond motifs is 1. The van der Waals surface area contributed by atoms with Crippen molar-refractivity contribution in [2.75, 3.05) is 0 Å². The summed E-state index contributed by atoms with van der Waals surface area (Å²) in [5, 5.41) is 0. The summed E-state index contributed by atoms with van der Waals surface area (Å²) in [4.78, 5) is 4.64. The van der Waals surface area contributed by atoms with Crippen LogP contribution in [0.15, 0.2) is 41.0 Å². The SMILES string of the molecule is CC(Cc1ccco1)n1c(CCl)nc2cc(I)ccc21. The van der Waals surface area contributed by atoms with Crippen molar-refractivity contribution in [3.8, 4) is 0 Å². The molecule has 0 aliphatic rings. The second-order valence-electron chi connectivity index (χ2n) is 4.80. The van der Waals surface area contributed by atoms with E-state index in [1.807, 2.05) is 12.1 Å². The molecule has 0 saturated heterocycles. The summed E-state index contributed by atoms with van der Waals surface area (Å²) in [7, 11) is 0. The average Bonchev–Trinajstić information content (AvgIpc) is 3.04. The Balaban J connectivity index is 2.04. The largest absolute Gasteiger partial charge is 0.469 e. The maximum Gasteiger partial charge on any atom is 0.125 e. The van der Waals surface area contributed by atoms with Crippen LogP contribution in [-0.2, 0) is 12.3 Å². The second-order valence-corrected chi connectivity index (χ2v) is 6.31. The number of aromatic nitrogens is 2. The lowest BCUT2D eigenvalue weighted by Crippen LogP contribution is -2.10. The zero-order valence-electron chi connectivity index (χ0n) is 11.0. The molecule has 1 unspecified atom stereocenters. The molecule has 3 rings (SSSR count). The minimum absolute atomic E-state index is 0.250. The third-order valence-corrected chi connectivity index (χ3v) is 4.27. The zero-order valence-corrected chi connectivity index (χ0v) is 13.9. The molecule has 1 atom stereocenters. The van der Waals surface area contributed by atoms with E-state index in [1.165, 1.54) is 3.57 Å². The van der Waals surface area contributed by atoms with Gasteiger partial charge in [0, 0.05) is 16.0 Å². The minimum Gasteiger partial charge on any atom is -0.469 e. The molecular formula is C15H14ClIN2O. The van der Waals surface area contributed by atoms with E-state index in [9.17, 15) is 0 Å². The molecule has 0 spiro atoms. The van der Waals surface area contributed by atoms with Gasteiger partial charge in [-0.15, -0.1) is 11.6 Å². The molecule has 2 heterocycles. The quantitative estimate of drug-likeness (QED) is 0.466. The Labute approximate surface area is 136 Å². The normalized spacial score (nSPS) is 12.9. The fourth-order valence-electron chi connectivity index (χ4n) is 2.52. The van der Waals surface area contributed by atoms with Gasteiger partial charge in [0.2, 0.25) is 0 Å². The Morgan fingerprint density at radius 2 is 2.25 bits per heavy atom. The molecule has 0 saturated carbocycles. The summed E-state index contributed by atoms with van der Waals surface area (Å²) in [6.07, 6.45) is 2.53. The van der Waals surface area contributed by atoms with E-state index in [0.717, 1.165) is 29.0 Å². The number of hydrogen-bond acceptors (Lipinski definition) is 2. The molecule has 5 heteroatoms. The van der Waals surface area contributed by atoms with Crippen LogP contribution in [0.5, 0.6) is 0 Å². The van der Waals surface area contributed by atoms with E-state index in [0.29, 0.717) is 5.88 Å². The Bertz CT molecular complexity index is 721. The number of nitrogens with zero attached hydrogens (tertiary/aromatic N) is 2. The molecule has 0 radical (unpaired) electrons. The van der Waals surface area contributed by atoms with Gasteiger partial charge in [-0.25, -0.2) is 4.98 Å². The van der Waals surface area contributed by atoms with E-state index in [1.54, 1.807) is 6.26 Å². The van der Waals surface area contributed by atoms with Crippen molar-refractivity contribution in [2.24, 2.45) is 0 Å². The van der Waals surface area contributed by atoms with Crippen molar-refractivity contribution >= 4 is 45.2 Å². The first kappa shape index (κ1) is 13.9. The Kier molecular flexibility index (Phi) is 4.03. The number of benzene rings is 1. The molecule has 0 bridgehead atoms. The van der Waals surface area contributed by atoms with Crippen LogP contribution in [0.25, 0.3) is 11.0 Å². The molecule has 3 nitrogen and oxygen atoms in total. The maximum atomic E-state index is 6.06.